The first kappa shape index (κ1) is 18.2. The lowest BCUT2D eigenvalue weighted by atomic mass is 10.1. The van der Waals surface area contributed by atoms with Crippen molar-refractivity contribution in [2.45, 2.75) is 59.7 Å². The molecule has 0 heterocycles. The molecule has 0 unspecified atom stereocenters. The molecule has 1 rings (SSSR count). The molecule has 0 radical (unpaired) electrons. The third-order valence-electron chi connectivity index (χ3n) is 3.44. The van der Waals surface area contributed by atoms with Crippen LogP contribution in [0.25, 0.3) is 0 Å². The molecule has 2 heteroatoms. The Bertz CT molecular complexity index is 346. The molecule has 2 nitrogen and oxygen atoms in total. The summed E-state index contributed by atoms with van der Waals surface area (Å²) in [5.41, 5.74) is 1.23. The van der Waals surface area contributed by atoms with Gasteiger partial charge in [-0.15, -0.1) is 0 Å². The molecular formula is C19H32O2. The first-order valence-corrected chi connectivity index (χ1v) is 8.31. The van der Waals surface area contributed by atoms with Crippen molar-refractivity contribution in [1.29, 1.82) is 0 Å². The monoisotopic (exact) mass is 292 g/mol. The standard InChI is InChI=1S/C19H32O2/c1-16(2)9-8-12-20-15-19(13-17(3)4)21-14-18-10-6-5-7-11-18/h5-7,10-11,16-17,19H,8-9,12-15H2,1-4H3/t19-/m0/s1. The van der Waals surface area contributed by atoms with Crippen molar-refractivity contribution >= 4 is 0 Å². The van der Waals surface area contributed by atoms with Crippen LogP contribution in [0.2, 0.25) is 0 Å². The quantitative estimate of drug-likeness (QED) is 0.530. The van der Waals surface area contributed by atoms with E-state index in [-0.39, 0.29) is 6.10 Å². The van der Waals surface area contributed by atoms with E-state index in [2.05, 4.69) is 52.0 Å². The third kappa shape index (κ3) is 9.65. The minimum atomic E-state index is 0.198. The number of hydrogen-bond donors (Lipinski definition) is 0. The van der Waals surface area contributed by atoms with Crippen molar-refractivity contribution in [2.75, 3.05) is 13.2 Å². The highest BCUT2D eigenvalue weighted by Gasteiger charge is 2.12. The SMILES string of the molecule is CC(C)CCCOC[C@H](CC(C)C)OCc1ccccc1. The van der Waals surface area contributed by atoms with Gasteiger partial charge in [0, 0.05) is 6.61 Å². The molecule has 0 amide bonds. The molecule has 0 N–H and O–H groups in total. The number of rotatable bonds is 11. The van der Waals surface area contributed by atoms with Crippen LogP contribution >= 0.6 is 0 Å². The Morgan fingerprint density at radius 2 is 1.67 bits per heavy atom. The van der Waals surface area contributed by atoms with Crippen LogP contribution in [-0.4, -0.2) is 19.3 Å². The highest BCUT2D eigenvalue weighted by molar-refractivity contribution is 5.13. The Balaban J connectivity index is 2.27. The minimum absolute atomic E-state index is 0.198. The van der Waals surface area contributed by atoms with Crippen molar-refractivity contribution in [1.82, 2.24) is 0 Å². The Morgan fingerprint density at radius 3 is 2.29 bits per heavy atom. The van der Waals surface area contributed by atoms with Crippen molar-refractivity contribution < 1.29 is 9.47 Å². The van der Waals surface area contributed by atoms with Gasteiger partial charge in [-0.05, 0) is 36.7 Å². The summed E-state index contributed by atoms with van der Waals surface area (Å²) in [5, 5.41) is 0. The molecule has 0 aromatic heterocycles. The second kappa shape index (κ2) is 10.8. The molecule has 0 aliphatic rings. The maximum atomic E-state index is 6.04. The fourth-order valence-corrected chi connectivity index (χ4v) is 2.31. The zero-order valence-corrected chi connectivity index (χ0v) is 14.2. The summed E-state index contributed by atoms with van der Waals surface area (Å²) in [6.07, 6.45) is 3.63. The summed E-state index contributed by atoms with van der Waals surface area (Å²) in [6.45, 7) is 11.2. The van der Waals surface area contributed by atoms with E-state index in [4.69, 9.17) is 9.47 Å². The van der Waals surface area contributed by atoms with Gasteiger partial charge in [-0.1, -0.05) is 58.0 Å². The number of hydrogen-bond acceptors (Lipinski definition) is 2. The van der Waals surface area contributed by atoms with Crippen LogP contribution in [0, 0.1) is 11.8 Å². The topological polar surface area (TPSA) is 18.5 Å². The molecule has 0 fully saturated rings. The molecule has 1 atom stereocenters. The highest BCUT2D eigenvalue weighted by Crippen LogP contribution is 2.12. The predicted octanol–water partition coefficient (Wildman–Crippen LogP) is 5.07. The molecule has 0 aliphatic heterocycles. The lowest BCUT2D eigenvalue weighted by Gasteiger charge is -2.20. The summed E-state index contributed by atoms with van der Waals surface area (Å²) < 4.78 is 11.9. The average molecular weight is 292 g/mol. The molecule has 120 valence electrons. The van der Waals surface area contributed by atoms with Crippen molar-refractivity contribution in [3.63, 3.8) is 0 Å². The van der Waals surface area contributed by atoms with E-state index in [0.717, 1.165) is 25.4 Å². The van der Waals surface area contributed by atoms with Crippen molar-refractivity contribution in [2.24, 2.45) is 11.8 Å². The molecule has 0 saturated heterocycles. The molecule has 0 saturated carbocycles. The zero-order chi connectivity index (χ0) is 15.5. The van der Waals surface area contributed by atoms with Crippen LogP contribution < -0.4 is 0 Å². The van der Waals surface area contributed by atoms with Crippen LogP contribution in [0.1, 0.15) is 52.5 Å². The summed E-state index contributed by atoms with van der Waals surface area (Å²) in [4.78, 5) is 0. The van der Waals surface area contributed by atoms with E-state index in [1.807, 2.05) is 6.07 Å². The lowest BCUT2D eigenvalue weighted by Crippen LogP contribution is -2.22. The van der Waals surface area contributed by atoms with Gasteiger partial charge in [-0.25, -0.2) is 0 Å². The molecule has 0 bridgehead atoms. The smallest absolute Gasteiger partial charge is 0.0815 e. The van der Waals surface area contributed by atoms with Gasteiger partial charge < -0.3 is 9.47 Å². The number of ether oxygens (including phenoxy) is 2. The normalized spacial score (nSPS) is 13.0. The molecular weight excluding hydrogens is 260 g/mol. The van der Waals surface area contributed by atoms with E-state index in [1.165, 1.54) is 12.0 Å². The Kier molecular flexibility index (Phi) is 9.36. The van der Waals surface area contributed by atoms with Crippen LogP contribution in [0.3, 0.4) is 0 Å². The molecule has 1 aromatic carbocycles. The molecule has 0 spiro atoms. The van der Waals surface area contributed by atoms with Crippen LogP contribution in [0.4, 0.5) is 0 Å². The van der Waals surface area contributed by atoms with Gasteiger partial charge in [-0.3, -0.25) is 0 Å². The second-order valence-electron chi connectivity index (χ2n) is 6.66. The highest BCUT2D eigenvalue weighted by atomic mass is 16.5. The lowest BCUT2D eigenvalue weighted by molar-refractivity contribution is -0.0348. The van der Waals surface area contributed by atoms with Crippen LogP contribution in [0.15, 0.2) is 30.3 Å². The summed E-state index contributed by atoms with van der Waals surface area (Å²) in [5.74, 6) is 1.39. The van der Waals surface area contributed by atoms with Crippen molar-refractivity contribution in [3.8, 4) is 0 Å². The fourth-order valence-electron chi connectivity index (χ4n) is 2.31. The zero-order valence-electron chi connectivity index (χ0n) is 14.2. The Labute approximate surface area is 130 Å². The van der Waals surface area contributed by atoms with Crippen molar-refractivity contribution in [3.05, 3.63) is 35.9 Å². The van der Waals surface area contributed by atoms with Gasteiger partial charge in [-0.2, -0.15) is 0 Å². The van der Waals surface area contributed by atoms with E-state index in [1.54, 1.807) is 0 Å². The number of benzene rings is 1. The second-order valence-corrected chi connectivity index (χ2v) is 6.66. The van der Waals surface area contributed by atoms with E-state index < -0.39 is 0 Å². The van der Waals surface area contributed by atoms with Gasteiger partial charge in [0.15, 0.2) is 0 Å². The molecule has 1 aromatic rings. The van der Waals surface area contributed by atoms with Gasteiger partial charge in [0.1, 0.15) is 0 Å². The molecule has 21 heavy (non-hydrogen) atoms. The summed E-state index contributed by atoms with van der Waals surface area (Å²) in [6, 6.07) is 10.4. The summed E-state index contributed by atoms with van der Waals surface area (Å²) >= 11 is 0. The third-order valence-corrected chi connectivity index (χ3v) is 3.44. The molecule has 0 aliphatic carbocycles. The Morgan fingerprint density at radius 1 is 0.952 bits per heavy atom. The van der Waals surface area contributed by atoms with Crippen LogP contribution in [0.5, 0.6) is 0 Å². The van der Waals surface area contributed by atoms with E-state index in [0.29, 0.717) is 19.1 Å². The van der Waals surface area contributed by atoms with Gasteiger partial charge in [0.25, 0.3) is 0 Å². The largest absolute Gasteiger partial charge is 0.379 e. The summed E-state index contributed by atoms with van der Waals surface area (Å²) in [7, 11) is 0. The van der Waals surface area contributed by atoms with Crippen LogP contribution in [-0.2, 0) is 16.1 Å². The minimum Gasteiger partial charge on any atom is -0.379 e. The first-order chi connectivity index (χ1) is 10.1. The average Bonchev–Trinajstić information content (AvgIpc) is 2.44. The first-order valence-electron chi connectivity index (χ1n) is 8.31. The van der Waals surface area contributed by atoms with E-state index in [9.17, 15) is 0 Å². The van der Waals surface area contributed by atoms with Gasteiger partial charge in [0.2, 0.25) is 0 Å². The predicted molar refractivity (Wildman–Crippen MR) is 89.4 cm³/mol. The maximum Gasteiger partial charge on any atom is 0.0815 e. The van der Waals surface area contributed by atoms with Gasteiger partial charge in [0.05, 0.1) is 19.3 Å². The maximum absolute atomic E-state index is 6.04. The fraction of sp³-hybridized carbons (Fsp3) is 0.684. The Hall–Kier alpha value is -0.860. The van der Waals surface area contributed by atoms with Gasteiger partial charge >= 0.3 is 0 Å². The van der Waals surface area contributed by atoms with E-state index >= 15 is 0 Å².